The number of oxazole rings is 1. The lowest BCUT2D eigenvalue weighted by atomic mass is 10.2. The molecule has 0 radical (unpaired) electrons. The van der Waals surface area contributed by atoms with Crippen molar-refractivity contribution in [1.82, 2.24) is 9.47 Å². The van der Waals surface area contributed by atoms with Crippen LogP contribution in [-0.2, 0) is 4.79 Å². The first-order chi connectivity index (χ1) is 9.49. The lowest BCUT2D eigenvalue weighted by molar-refractivity contribution is -0.133. The second-order valence-corrected chi connectivity index (χ2v) is 4.65. The van der Waals surface area contributed by atoms with Crippen molar-refractivity contribution < 1.29 is 9.21 Å². The van der Waals surface area contributed by atoms with Gasteiger partial charge in [0.2, 0.25) is 5.91 Å². The maximum absolute atomic E-state index is 12.4. The number of benzene rings is 1. The minimum Gasteiger partial charge on any atom is -0.408 e. The van der Waals surface area contributed by atoms with E-state index >= 15 is 0 Å². The predicted octanol–water partition coefficient (Wildman–Crippen LogP) is 1.61. The number of hydrogen-bond acceptors (Lipinski definition) is 4. The van der Waals surface area contributed by atoms with Crippen LogP contribution in [0, 0.1) is 0 Å². The summed E-state index contributed by atoms with van der Waals surface area (Å²) in [6.07, 6.45) is 0. The number of likely N-dealkylation sites (N-methyl/N-ethyl adjacent to an activating group) is 1. The Labute approximate surface area is 116 Å². The van der Waals surface area contributed by atoms with Crippen LogP contribution < -0.4 is 11.5 Å². The van der Waals surface area contributed by atoms with Crippen molar-refractivity contribution in [3.8, 4) is 0 Å². The SMILES string of the molecule is CCN(CC)C(=O)C(C)n1c(=O)oc2ccc(N)cc21. The first-order valence-electron chi connectivity index (χ1n) is 6.68. The minimum atomic E-state index is -0.620. The third-order valence-electron chi connectivity index (χ3n) is 3.46. The van der Waals surface area contributed by atoms with Crippen LogP contribution in [0.5, 0.6) is 0 Å². The Morgan fingerprint density at radius 2 is 2.05 bits per heavy atom. The Kier molecular flexibility index (Phi) is 3.83. The summed E-state index contributed by atoms with van der Waals surface area (Å²) >= 11 is 0. The summed E-state index contributed by atoms with van der Waals surface area (Å²) in [6, 6.07) is 4.32. The standard InChI is InChI=1S/C14H19N3O3/c1-4-16(5-2)13(18)9(3)17-11-8-10(15)6-7-12(11)20-14(17)19/h6-9H,4-5,15H2,1-3H3. The Hall–Kier alpha value is -2.24. The van der Waals surface area contributed by atoms with Gasteiger partial charge in [-0.1, -0.05) is 0 Å². The average molecular weight is 277 g/mol. The molecule has 6 nitrogen and oxygen atoms in total. The first kappa shape index (κ1) is 14.2. The summed E-state index contributed by atoms with van der Waals surface area (Å²) < 4.78 is 6.51. The van der Waals surface area contributed by atoms with E-state index in [1.807, 2.05) is 13.8 Å². The van der Waals surface area contributed by atoms with Crippen molar-refractivity contribution in [3.05, 3.63) is 28.7 Å². The highest BCUT2D eigenvalue weighted by Crippen LogP contribution is 2.20. The molecule has 0 aliphatic rings. The van der Waals surface area contributed by atoms with Crippen molar-refractivity contribution >= 4 is 22.7 Å². The van der Waals surface area contributed by atoms with E-state index in [-0.39, 0.29) is 5.91 Å². The number of carbonyl (C=O) groups excluding carboxylic acids is 1. The highest BCUT2D eigenvalue weighted by atomic mass is 16.4. The van der Waals surface area contributed by atoms with Gasteiger partial charge >= 0.3 is 5.76 Å². The van der Waals surface area contributed by atoms with E-state index in [1.54, 1.807) is 30.0 Å². The molecule has 0 fully saturated rings. The number of carbonyl (C=O) groups is 1. The number of nitrogens with zero attached hydrogens (tertiary/aromatic N) is 2. The van der Waals surface area contributed by atoms with Gasteiger partial charge in [0.05, 0.1) is 5.52 Å². The fourth-order valence-electron chi connectivity index (χ4n) is 2.33. The molecule has 108 valence electrons. The highest BCUT2D eigenvalue weighted by Gasteiger charge is 2.24. The van der Waals surface area contributed by atoms with Crippen LogP contribution in [-0.4, -0.2) is 28.5 Å². The summed E-state index contributed by atoms with van der Waals surface area (Å²) in [5.41, 5.74) is 7.24. The van der Waals surface area contributed by atoms with Crippen molar-refractivity contribution in [2.75, 3.05) is 18.8 Å². The fourth-order valence-corrected chi connectivity index (χ4v) is 2.33. The molecule has 1 aromatic heterocycles. The van der Waals surface area contributed by atoms with Crippen LogP contribution in [0.2, 0.25) is 0 Å². The van der Waals surface area contributed by atoms with Crippen molar-refractivity contribution in [2.24, 2.45) is 0 Å². The number of hydrogen-bond donors (Lipinski definition) is 1. The quantitative estimate of drug-likeness (QED) is 0.861. The molecular formula is C14H19N3O3. The molecule has 0 aliphatic carbocycles. The van der Waals surface area contributed by atoms with Gasteiger partial charge in [-0.25, -0.2) is 4.79 Å². The van der Waals surface area contributed by atoms with Gasteiger partial charge in [-0.2, -0.15) is 0 Å². The molecule has 1 atom stereocenters. The number of fused-ring (bicyclic) bond motifs is 1. The van der Waals surface area contributed by atoms with Crippen LogP contribution in [0.25, 0.3) is 11.1 Å². The molecule has 2 N–H and O–H groups in total. The molecule has 0 spiro atoms. The molecule has 2 rings (SSSR count). The molecule has 6 heteroatoms. The summed E-state index contributed by atoms with van der Waals surface area (Å²) in [7, 11) is 0. The summed E-state index contributed by atoms with van der Waals surface area (Å²) in [5, 5.41) is 0. The monoisotopic (exact) mass is 277 g/mol. The Bertz CT molecular complexity index is 683. The zero-order chi connectivity index (χ0) is 14.9. The molecule has 1 unspecified atom stereocenters. The lowest BCUT2D eigenvalue weighted by Crippen LogP contribution is -2.38. The van der Waals surface area contributed by atoms with Crippen molar-refractivity contribution in [2.45, 2.75) is 26.8 Å². The van der Waals surface area contributed by atoms with Crippen LogP contribution >= 0.6 is 0 Å². The molecule has 20 heavy (non-hydrogen) atoms. The molecule has 1 aromatic carbocycles. The molecule has 1 heterocycles. The number of aromatic nitrogens is 1. The lowest BCUT2D eigenvalue weighted by Gasteiger charge is -2.23. The average Bonchev–Trinajstić information content (AvgIpc) is 2.74. The summed E-state index contributed by atoms with van der Waals surface area (Å²) in [4.78, 5) is 26.0. The second kappa shape index (κ2) is 5.40. The number of amides is 1. The van der Waals surface area contributed by atoms with Gasteiger partial charge in [0, 0.05) is 18.8 Å². The van der Waals surface area contributed by atoms with Crippen LogP contribution in [0.15, 0.2) is 27.4 Å². The number of anilines is 1. The van der Waals surface area contributed by atoms with E-state index in [1.165, 1.54) is 4.57 Å². The third-order valence-corrected chi connectivity index (χ3v) is 3.46. The third kappa shape index (κ3) is 2.29. The van der Waals surface area contributed by atoms with Gasteiger partial charge in [-0.15, -0.1) is 0 Å². The van der Waals surface area contributed by atoms with Gasteiger partial charge in [0.15, 0.2) is 5.58 Å². The highest BCUT2D eigenvalue weighted by molar-refractivity contribution is 5.84. The van der Waals surface area contributed by atoms with E-state index in [0.717, 1.165) is 0 Å². The molecule has 0 saturated carbocycles. The van der Waals surface area contributed by atoms with Crippen LogP contribution in [0.4, 0.5) is 5.69 Å². The number of nitrogens with two attached hydrogens (primary N) is 1. The Morgan fingerprint density at radius 3 is 2.65 bits per heavy atom. The van der Waals surface area contributed by atoms with Gasteiger partial charge in [0.25, 0.3) is 0 Å². The van der Waals surface area contributed by atoms with Gasteiger partial charge in [0.1, 0.15) is 6.04 Å². The van der Waals surface area contributed by atoms with E-state index in [0.29, 0.717) is 29.9 Å². The van der Waals surface area contributed by atoms with E-state index in [4.69, 9.17) is 10.2 Å². The predicted molar refractivity (Wildman–Crippen MR) is 77.5 cm³/mol. The number of nitrogen functional groups attached to an aromatic ring is 1. The fraction of sp³-hybridized carbons (Fsp3) is 0.429. The largest absolute Gasteiger partial charge is 0.420 e. The topological polar surface area (TPSA) is 81.5 Å². The van der Waals surface area contributed by atoms with Gasteiger partial charge in [-0.3, -0.25) is 9.36 Å². The smallest absolute Gasteiger partial charge is 0.408 e. The van der Waals surface area contributed by atoms with E-state index < -0.39 is 11.8 Å². The van der Waals surface area contributed by atoms with E-state index in [2.05, 4.69) is 0 Å². The molecule has 0 bridgehead atoms. The van der Waals surface area contributed by atoms with Crippen LogP contribution in [0.3, 0.4) is 0 Å². The van der Waals surface area contributed by atoms with Crippen molar-refractivity contribution in [3.63, 3.8) is 0 Å². The zero-order valence-corrected chi connectivity index (χ0v) is 11.9. The normalized spacial score (nSPS) is 12.6. The molecule has 0 aliphatic heterocycles. The first-order valence-corrected chi connectivity index (χ1v) is 6.68. The zero-order valence-electron chi connectivity index (χ0n) is 11.9. The molecule has 1 amide bonds. The molecule has 2 aromatic rings. The Balaban J connectivity index is 2.51. The van der Waals surface area contributed by atoms with Crippen LogP contribution in [0.1, 0.15) is 26.8 Å². The maximum Gasteiger partial charge on any atom is 0.420 e. The summed E-state index contributed by atoms with van der Waals surface area (Å²) in [6.45, 7) is 6.71. The summed E-state index contributed by atoms with van der Waals surface area (Å²) in [5.74, 6) is -0.652. The van der Waals surface area contributed by atoms with Crippen molar-refractivity contribution in [1.29, 1.82) is 0 Å². The van der Waals surface area contributed by atoms with Gasteiger partial charge in [-0.05, 0) is 39.0 Å². The molecular weight excluding hydrogens is 258 g/mol. The maximum atomic E-state index is 12.4. The Morgan fingerprint density at radius 1 is 1.40 bits per heavy atom. The molecule has 0 saturated heterocycles. The van der Waals surface area contributed by atoms with E-state index in [9.17, 15) is 9.59 Å². The van der Waals surface area contributed by atoms with Gasteiger partial charge < -0.3 is 15.1 Å². The minimum absolute atomic E-state index is 0.109. The number of rotatable bonds is 4. The second-order valence-electron chi connectivity index (χ2n) is 4.65.